The van der Waals surface area contributed by atoms with Gasteiger partial charge in [-0.3, -0.25) is 0 Å². The summed E-state index contributed by atoms with van der Waals surface area (Å²) in [7, 11) is 1.91. The molecule has 2 rings (SSSR count). The Morgan fingerprint density at radius 3 is 1.88 bits per heavy atom. The van der Waals surface area contributed by atoms with Gasteiger partial charge in [0.1, 0.15) is 0 Å². The van der Waals surface area contributed by atoms with E-state index in [1.807, 2.05) is 61.6 Å². The molecule has 78 valence electrons. The lowest BCUT2D eigenvalue weighted by Gasteiger charge is -1.97. The fourth-order valence-electron chi connectivity index (χ4n) is 1.39. The van der Waals surface area contributed by atoms with Crippen molar-refractivity contribution in [1.82, 2.24) is 0 Å². The van der Waals surface area contributed by atoms with E-state index in [9.17, 15) is 0 Å². The van der Waals surface area contributed by atoms with Crippen molar-refractivity contribution in [1.29, 1.82) is 0 Å². The van der Waals surface area contributed by atoms with Gasteiger partial charge in [-0.1, -0.05) is 30.0 Å². The topological polar surface area (TPSA) is 12.0 Å². The number of anilines is 1. The lowest BCUT2D eigenvalue weighted by molar-refractivity contribution is 1.50. The van der Waals surface area contributed by atoms with Crippen LogP contribution in [0.1, 0.15) is 11.1 Å². The van der Waals surface area contributed by atoms with Gasteiger partial charge in [0.2, 0.25) is 0 Å². The van der Waals surface area contributed by atoms with Gasteiger partial charge in [-0.25, -0.2) is 0 Å². The van der Waals surface area contributed by atoms with Crippen LogP contribution >= 0.6 is 0 Å². The second kappa shape index (κ2) is 5.04. The van der Waals surface area contributed by atoms with Crippen molar-refractivity contribution < 1.29 is 0 Å². The maximum absolute atomic E-state index is 3.13. The van der Waals surface area contributed by atoms with Crippen molar-refractivity contribution in [3.8, 4) is 11.8 Å². The zero-order valence-electron chi connectivity index (χ0n) is 9.20. The van der Waals surface area contributed by atoms with Crippen LogP contribution in [0.4, 0.5) is 5.69 Å². The molecule has 0 aromatic heterocycles. The summed E-state index contributed by atoms with van der Waals surface area (Å²) >= 11 is 0. The van der Waals surface area contributed by atoms with Crippen molar-refractivity contribution in [2.24, 2.45) is 0 Å². The van der Waals surface area contributed by atoms with E-state index < -0.39 is 0 Å². The summed E-state index contributed by atoms with van der Waals surface area (Å²) in [6.45, 7) is 0. The highest BCUT2D eigenvalue weighted by Gasteiger charge is 1.88. The van der Waals surface area contributed by atoms with Crippen molar-refractivity contribution in [3.63, 3.8) is 0 Å². The van der Waals surface area contributed by atoms with E-state index in [0.717, 1.165) is 16.8 Å². The highest BCUT2D eigenvalue weighted by Crippen LogP contribution is 2.07. The molecule has 0 radical (unpaired) electrons. The molecule has 1 nitrogen and oxygen atoms in total. The Morgan fingerprint density at radius 1 is 0.750 bits per heavy atom. The van der Waals surface area contributed by atoms with E-state index in [4.69, 9.17) is 0 Å². The summed E-state index contributed by atoms with van der Waals surface area (Å²) in [5.74, 6) is 6.26. The summed E-state index contributed by atoms with van der Waals surface area (Å²) in [4.78, 5) is 0. The van der Waals surface area contributed by atoms with Crippen LogP contribution in [-0.2, 0) is 0 Å². The van der Waals surface area contributed by atoms with Gasteiger partial charge in [-0.2, -0.15) is 0 Å². The van der Waals surface area contributed by atoms with Gasteiger partial charge in [-0.15, -0.1) is 0 Å². The monoisotopic (exact) mass is 207 g/mol. The van der Waals surface area contributed by atoms with Gasteiger partial charge in [0.15, 0.2) is 0 Å². The molecule has 0 atom stereocenters. The summed E-state index contributed by atoms with van der Waals surface area (Å²) in [5.41, 5.74) is 3.17. The van der Waals surface area contributed by atoms with Crippen LogP contribution in [0.3, 0.4) is 0 Å². The first-order valence-electron chi connectivity index (χ1n) is 5.23. The Hall–Kier alpha value is -2.20. The van der Waals surface area contributed by atoms with E-state index in [-0.39, 0.29) is 0 Å². The quantitative estimate of drug-likeness (QED) is 0.708. The molecule has 0 heterocycles. The summed E-state index contributed by atoms with van der Waals surface area (Å²) in [6.07, 6.45) is 0. The summed E-state index contributed by atoms with van der Waals surface area (Å²) in [5, 5.41) is 3.08. The summed E-state index contributed by atoms with van der Waals surface area (Å²) in [6, 6.07) is 18.1. The lowest BCUT2D eigenvalue weighted by Crippen LogP contribution is -1.86. The SMILES string of the molecule is CNc1ccc(C#Cc2ccccc2)cc1. The molecule has 0 saturated carbocycles. The average molecular weight is 207 g/mol. The fraction of sp³-hybridized carbons (Fsp3) is 0.0667. The third-order valence-electron chi connectivity index (χ3n) is 2.30. The van der Waals surface area contributed by atoms with E-state index >= 15 is 0 Å². The zero-order valence-corrected chi connectivity index (χ0v) is 9.20. The molecule has 2 aromatic carbocycles. The number of benzene rings is 2. The minimum atomic E-state index is 1.03. The van der Waals surface area contributed by atoms with Crippen molar-refractivity contribution >= 4 is 5.69 Å². The Labute approximate surface area is 96.1 Å². The highest BCUT2D eigenvalue weighted by molar-refractivity contribution is 5.49. The van der Waals surface area contributed by atoms with E-state index in [1.54, 1.807) is 0 Å². The predicted octanol–water partition coefficient (Wildman–Crippen LogP) is 3.13. The van der Waals surface area contributed by atoms with Crippen molar-refractivity contribution in [2.45, 2.75) is 0 Å². The molecule has 0 saturated heterocycles. The van der Waals surface area contributed by atoms with Gasteiger partial charge in [0.25, 0.3) is 0 Å². The minimum Gasteiger partial charge on any atom is -0.388 e. The molecule has 0 aliphatic heterocycles. The second-order valence-electron chi connectivity index (χ2n) is 3.44. The number of hydrogen-bond acceptors (Lipinski definition) is 1. The molecule has 0 spiro atoms. The molecule has 1 heteroatoms. The van der Waals surface area contributed by atoms with Gasteiger partial charge in [0.05, 0.1) is 0 Å². The molecular weight excluding hydrogens is 194 g/mol. The number of hydrogen-bond donors (Lipinski definition) is 1. The highest BCUT2D eigenvalue weighted by atomic mass is 14.8. The Balaban J connectivity index is 2.18. The van der Waals surface area contributed by atoms with Gasteiger partial charge < -0.3 is 5.32 Å². The maximum Gasteiger partial charge on any atom is 0.0338 e. The molecular formula is C15H13N. The zero-order chi connectivity index (χ0) is 11.2. The Kier molecular flexibility index (Phi) is 3.25. The largest absolute Gasteiger partial charge is 0.388 e. The van der Waals surface area contributed by atoms with Crippen LogP contribution in [0, 0.1) is 11.8 Å². The first-order valence-corrected chi connectivity index (χ1v) is 5.23. The van der Waals surface area contributed by atoms with Gasteiger partial charge in [0, 0.05) is 23.9 Å². The standard InChI is InChI=1S/C15H13N/c1-16-15-11-9-14(10-12-15)8-7-13-5-3-2-4-6-13/h2-6,9-12,16H,1H3. The molecule has 0 unspecified atom stereocenters. The molecule has 16 heavy (non-hydrogen) atoms. The molecule has 0 aliphatic carbocycles. The first-order chi connectivity index (χ1) is 7.88. The second-order valence-corrected chi connectivity index (χ2v) is 3.44. The Bertz CT molecular complexity index is 501. The first kappa shape index (κ1) is 10.3. The van der Waals surface area contributed by atoms with Crippen LogP contribution in [0.15, 0.2) is 54.6 Å². The van der Waals surface area contributed by atoms with Gasteiger partial charge >= 0.3 is 0 Å². The van der Waals surface area contributed by atoms with Gasteiger partial charge in [-0.05, 0) is 36.4 Å². The van der Waals surface area contributed by atoms with E-state index in [0.29, 0.717) is 0 Å². The minimum absolute atomic E-state index is 1.03. The van der Waals surface area contributed by atoms with E-state index in [2.05, 4.69) is 17.2 Å². The lowest BCUT2D eigenvalue weighted by atomic mass is 10.2. The van der Waals surface area contributed by atoms with Crippen LogP contribution in [0.2, 0.25) is 0 Å². The molecule has 0 aliphatic rings. The van der Waals surface area contributed by atoms with Crippen molar-refractivity contribution in [2.75, 3.05) is 12.4 Å². The third-order valence-corrected chi connectivity index (χ3v) is 2.30. The average Bonchev–Trinajstić information content (AvgIpc) is 2.38. The molecule has 2 aromatic rings. The fourth-order valence-corrected chi connectivity index (χ4v) is 1.39. The van der Waals surface area contributed by atoms with Crippen LogP contribution in [-0.4, -0.2) is 7.05 Å². The van der Waals surface area contributed by atoms with E-state index in [1.165, 1.54) is 0 Å². The number of nitrogens with one attached hydrogen (secondary N) is 1. The maximum atomic E-state index is 3.13. The molecule has 0 bridgehead atoms. The molecule has 1 N–H and O–H groups in total. The van der Waals surface area contributed by atoms with Crippen molar-refractivity contribution in [3.05, 3.63) is 65.7 Å². The predicted molar refractivity (Wildman–Crippen MR) is 68.4 cm³/mol. The van der Waals surface area contributed by atoms with Crippen LogP contribution < -0.4 is 5.32 Å². The van der Waals surface area contributed by atoms with Crippen LogP contribution in [0.25, 0.3) is 0 Å². The normalized spacial score (nSPS) is 9.06. The van der Waals surface area contributed by atoms with Crippen LogP contribution in [0.5, 0.6) is 0 Å². The Morgan fingerprint density at radius 2 is 1.31 bits per heavy atom. The third kappa shape index (κ3) is 2.65. The summed E-state index contributed by atoms with van der Waals surface area (Å²) < 4.78 is 0. The molecule has 0 fully saturated rings. The number of rotatable bonds is 1. The molecule has 0 amide bonds. The smallest absolute Gasteiger partial charge is 0.0338 e.